The zero-order valence-electron chi connectivity index (χ0n) is 10.6. The monoisotopic (exact) mass is 236 g/mol. The van der Waals surface area contributed by atoms with Crippen LogP contribution in [0.3, 0.4) is 0 Å². The number of nitrogens with zero attached hydrogens (tertiary/aromatic N) is 2. The van der Waals surface area contributed by atoms with Crippen LogP contribution < -0.4 is 0 Å². The van der Waals surface area contributed by atoms with E-state index in [1.807, 2.05) is 26.0 Å². The van der Waals surface area contributed by atoms with Gasteiger partial charge in [0.15, 0.2) is 0 Å². The second-order valence-electron chi connectivity index (χ2n) is 4.75. The minimum absolute atomic E-state index is 0.118. The first kappa shape index (κ1) is 12.1. The molecule has 2 fully saturated rings. The van der Waals surface area contributed by atoms with E-state index >= 15 is 0 Å². The van der Waals surface area contributed by atoms with E-state index < -0.39 is 0 Å². The molecule has 4 nitrogen and oxygen atoms in total. The number of hydrogen-bond acceptors (Lipinski definition) is 2. The molecule has 0 aromatic carbocycles. The molecule has 2 rings (SSSR count). The molecule has 2 aliphatic rings. The lowest BCUT2D eigenvalue weighted by Gasteiger charge is -2.40. The van der Waals surface area contributed by atoms with Gasteiger partial charge in [-0.15, -0.1) is 0 Å². The van der Waals surface area contributed by atoms with Crippen LogP contribution in [0.15, 0.2) is 12.2 Å². The van der Waals surface area contributed by atoms with Crippen LogP contribution in [-0.4, -0.2) is 46.8 Å². The Labute approximate surface area is 102 Å². The van der Waals surface area contributed by atoms with Gasteiger partial charge in [0.25, 0.3) is 0 Å². The number of amides is 2. The highest BCUT2D eigenvalue weighted by molar-refractivity contribution is 5.97. The molecule has 0 spiro atoms. The number of allylic oxidation sites excluding steroid dienone is 1. The summed E-state index contributed by atoms with van der Waals surface area (Å²) < 4.78 is 0. The third-order valence-corrected chi connectivity index (χ3v) is 3.70. The summed E-state index contributed by atoms with van der Waals surface area (Å²) in [6, 6.07) is -0.466. The van der Waals surface area contributed by atoms with Gasteiger partial charge in [0, 0.05) is 13.1 Å². The van der Waals surface area contributed by atoms with Crippen LogP contribution in [-0.2, 0) is 9.59 Å². The zero-order valence-corrected chi connectivity index (χ0v) is 10.6. The maximum absolute atomic E-state index is 12.3. The van der Waals surface area contributed by atoms with Crippen molar-refractivity contribution >= 4 is 11.8 Å². The van der Waals surface area contributed by atoms with Gasteiger partial charge in [0.05, 0.1) is 0 Å². The van der Waals surface area contributed by atoms with Crippen molar-refractivity contribution in [2.45, 2.75) is 45.2 Å². The average Bonchev–Trinajstić information content (AvgIpc) is 2.80. The predicted octanol–water partition coefficient (Wildman–Crippen LogP) is 1.17. The van der Waals surface area contributed by atoms with E-state index in [9.17, 15) is 9.59 Å². The molecule has 0 bridgehead atoms. The van der Waals surface area contributed by atoms with Crippen molar-refractivity contribution < 1.29 is 9.59 Å². The highest BCUT2D eigenvalue weighted by Crippen LogP contribution is 2.26. The number of rotatable bonds is 3. The van der Waals surface area contributed by atoms with Crippen molar-refractivity contribution in [1.29, 1.82) is 0 Å². The van der Waals surface area contributed by atoms with E-state index in [4.69, 9.17) is 0 Å². The Morgan fingerprint density at radius 3 is 2.82 bits per heavy atom. The van der Waals surface area contributed by atoms with Gasteiger partial charge in [-0.25, -0.2) is 0 Å². The molecule has 0 aromatic rings. The van der Waals surface area contributed by atoms with Crippen molar-refractivity contribution in [3.63, 3.8) is 0 Å². The van der Waals surface area contributed by atoms with E-state index in [1.54, 1.807) is 9.80 Å². The molecule has 0 aromatic heterocycles. The molecule has 2 unspecified atom stereocenters. The maximum atomic E-state index is 12.3. The topological polar surface area (TPSA) is 40.6 Å². The molecule has 17 heavy (non-hydrogen) atoms. The Hall–Kier alpha value is -1.32. The van der Waals surface area contributed by atoms with Gasteiger partial charge < -0.3 is 9.80 Å². The predicted molar refractivity (Wildman–Crippen MR) is 65.3 cm³/mol. The Morgan fingerprint density at radius 2 is 2.12 bits per heavy atom. The molecular formula is C13H20N2O2. The summed E-state index contributed by atoms with van der Waals surface area (Å²) in [6.45, 7) is 5.21. The number of carbonyl (C=O) groups excluding carboxylic acids is 2. The van der Waals surface area contributed by atoms with Gasteiger partial charge in [-0.2, -0.15) is 0 Å². The van der Waals surface area contributed by atoms with Gasteiger partial charge in [0.1, 0.15) is 12.1 Å². The van der Waals surface area contributed by atoms with E-state index in [0.29, 0.717) is 6.54 Å². The molecule has 2 saturated heterocycles. The molecule has 94 valence electrons. The molecule has 4 heteroatoms. The first-order chi connectivity index (χ1) is 8.16. The third-order valence-electron chi connectivity index (χ3n) is 3.70. The van der Waals surface area contributed by atoms with Crippen LogP contribution >= 0.6 is 0 Å². The lowest BCUT2D eigenvalue weighted by molar-refractivity contribution is -0.158. The zero-order chi connectivity index (χ0) is 12.4. The number of fused-ring (bicyclic) bond motifs is 1. The molecule has 2 heterocycles. The van der Waals surface area contributed by atoms with Crippen molar-refractivity contribution in [2.75, 3.05) is 13.1 Å². The molecule has 0 saturated carbocycles. The quantitative estimate of drug-likeness (QED) is 0.690. The Bertz CT molecular complexity index is 351. The Kier molecular flexibility index (Phi) is 3.50. The van der Waals surface area contributed by atoms with Gasteiger partial charge in [-0.1, -0.05) is 12.2 Å². The van der Waals surface area contributed by atoms with Crippen molar-refractivity contribution in [3.8, 4) is 0 Å². The van der Waals surface area contributed by atoms with Crippen LogP contribution in [0.2, 0.25) is 0 Å². The Balaban J connectivity index is 2.10. The first-order valence-corrected chi connectivity index (χ1v) is 6.39. The highest BCUT2D eigenvalue weighted by atomic mass is 16.2. The van der Waals surface area contributed by atoms with Crippen LogP contribution in [0.5, 0.6) is 0 Å². The van der Waals surface area contributed by atoms with Crippen LogP contribution in [0, 0.1) is 0 Å². The van der Waals surface area contributed by atoms with Crippen molar-refractivity contribution in [2.24, 2.45) is 0 Å². The van der Waals surface area contributed by atoms with Gasteiger partial charge in [0.2, 0.25) is 11.8 Å². The molecule has 0 N–H and O–H groups in total. The normalized spacial score (nSPS) is 29.3. The smallest absolute Gasteiger partial charge is 0.246 e. The fraction of sp³-hybridized carbons (Fsp3) is 0.692. The standard InChI is InChI=1S/C13H20N2O2/c1-3-4-5-8-14-10(2)12(16)15-9-6-7-11(15)13(14)17/h3-4,10-11H,5-9H2,1-2H3/b4-3+. The number of carbonyl (C=O) groups is 2. The van der Waals surface area contributed by atoms with Crippen molar-refractivity contribution in [3.05, 3.63) is 12.2 Å². The number of hydrogen-bond donors (Lipinski definition) is 0. The molecule has 0 aliphatic carbocycles. The summed E-state index contributed by atoms with van der Waals surface area (Å²) in [5.74, 6) is 0.256. The minimum Gasteiger partial charge on any atom is -0.329 e. The SMILES string of the molecule is C/C=C/CCN1C(=O)C2CCCN2C(=O)C1C. The van der Waals surface area contributed by atoms with E-state index in [-0.39, 0.29) is 23.9 Å². The maximum Gasteiger partial charge on any atom is 0.246 e. The molecule has 0 radical (unpaired) electrons. The third kappa shape index (κ3) is 2.08. The van der Waals surface area contributed by atoms with Gasteiger partial charge in [-0.05, 0) is 33.1 Å². The Morgan fingerprint density at radius 1 is 1.35 bits per heavy atom. The lowest BCUT2D eigenvalue weighted by Crippen LogP contribution is -2.61. The lowest BCUT2D eigenvalue weighted by atomic mass is 10.1. The molecule has 2 atom stereocenters. The fourth-order valence-electron chi connectivity index (χ4n) is 2.73. The fourth-order valence-corrected chi connectivity index (χ4v) is 2.73. The largest absolute Gasteiger partial charge is 0.329 e. The van der Waals surface area contributed by atoms with E-state index in [1.165, 1.54) is 0 Å². The van der Waals surface area contributed by atoms with E-state index in [0.717, 1.165) is 25.8 Å². The molecular weight excluding hydrogens is 216 g/mol. The van der Waals surface area contributed by atoms with Crippen LogP contribution in [0.1, 0.15) is 33.1 Å². The second kappa shape index (κ2) is 4.90. The van der Waals surface area contributed by atoms with Gasteiger partial charge >= 0.3 is 0 Å². The van der Waals surface area contributed by atoms with Crippen LogP contribution in [0.4, 0.5) is 0 Å². The summed E-state index contributed by atoms with van der Waals surface area (Å²) in [5.41, 5.74) is 0. The summed E-state index contributed by atoms with van der Waals surface area (Å²) in [7, 11) is 0. The summed E-state index contributed by atoms with van der Waals surface area (Å²) in [4.78, 5) is 27.9. The van der Waals surface area contributed by atoms with E-state index in [2.05, 4.69) is 0 Å². The molecule has 2 aliphatic heterocycles. The van der Waals surface area contributed by atoms with Crippen LogP contribution in [0.25, 0.3) is 0 Å². The average molecular weight is 236 g/mol. The van der Waals surface area contributed by atoms with Crippen molar-refractivity contribution in [1.82, 2.24) is 9.80 Å². The second-order valence-corrected chi connectivity index (χ2v) is 4.75. The molecule has 2 amide bonds. The number of piperazine rings is 1. The minimum atomic E-state index is -0.290. The summed E-state index contributed by atoms with van der Waals surface area (Å²) in [6.07, 6.45) is 6.62. The van der Waals surface area contributed by atoms with Gasteiger partial charge in [-0.3, -0.25) is 9.59 Å². The highest BCUT2D eigenvalue weighted by Gasteiger charge is 2.45. The summed E-state index contributed by atoms with van der Waals surface area (Å²) >= 11 is 0. The summed E-state index contributed by atoms with van der Waals surface area (Å²) in [5, 5.41) is 0. The first-order valence-electron chi connectivity index (χ1n) is 6.39.